The van der Waals surface area contributed by atoms with Gasteiger partial charge in [-0.3, -0.25) is 9.48 Å². The highest BCUT2D eigenvalue weighted by molar-refractivity contribution is 5.85. The van der Waals surface area contributed by atoms with Crippen molar-refractivity contribution in [2.75, 3.05) is 25.1 Å². The number of hydrogen-bond acceptors (Lipinski definition) is 7. The quantitative estimate of drug-likeness (QED) is 0.608. The van der Waals surface area contributed by atoms with Crippen LogP contribution in [0.4, 0.5) is 5.95 Å². The van der Waals surface area contributed by atoms with Gasteiger partial charge in [-0.15, -0.1) is 0 Å². The van der Waals surface area contributed by atoms with Crippen molar-refractivity contribution in [1.29, 1.82) is 0 Å². The summed E-state index contributed by atoms with van der Waals surface area (Å²) in [5.74, 6) is 1.59. The molecule has 1 N–H and O–H groups in total. The maximum Gasteiger partial charge on any atom is 0.263 e. The molecule has 1 unspecified atom stereocenters. The molecule has 0 saturated carbocycles. The molecule has 0 bridgehead atoms. The number of nitrogens with zero attached hydrogens (tertiary/aromatic N) is 5. The molecule has 1 aliphatic heterocycles. The summed E-state index contributed by atoms with van der Waals surface area (Å²) in [5.41, 5.74) is 0.705. The van der Waals surface area contributed by atoms with E-state index in [9.17, 15) is 4.79 Å². The van der Waals surface area contributed by atoms with Gasteiger partial charge in [-0.1, -0.05) is 12.1 Å². The first-order valence-electron chi connectivity index (χ1n) is 10.6. The van der Waals surface area contributed by atoms with Crippen LogP contribution in [-0.4, -0.2) is 57.5 Å². The largest absolute Gasteiger partial charge is 0.493 e. The van der Waals surface area contributed by atoms with Gasteiger partial charge >= 0.3 is 0 Å². The SMILES string of the molecule is COc1ccccc1OC(C)(C)C(=O)NC1CCN(c2nccc(-c3cnn(C)c3)n2)C1. The summed E-state index contributed by atoms with van der Waals surface area (Å²) >= 11 is 0. The van der Waals surface area contributed by atoms with Crippen LogP contribution in [0.15, 0.2) is 48.9 Å². The van der Waals surface area contributed by atoms with Crippen LogP contribution in [0.2, 0.25) is 0 Å². The number of benzene rings is 1. The minimum absolute atomic E-state index is 0.0197. The van der Waals surface area contributed by atoms with E-state index in [1.807, 2.05) is 31.4 Å². The minimum atomic E-state index is -1.06. The van der Waals surface area contributed by atoms with Gasteiger partial charge in [0.05, 0.1) is 19.0 Å². The molecule has 3 heterocycles. The summed E-state index contributed by atoms with van der Waals surface area (Å²) in [7, 11) is 3.45. The summed E-state index contributed by atoms with van der Waals surface area (Å²) in [6, 6.07) is 9.15. The number of anilines is 1. The molecule has 1 aliphatic rings. The van der Waals surface area contributed by atoms with Gasteiger partial charge in [-0.05, 0) is 38.5 Å². The van der Waals surface area contributed by atoms with Crippen molar-refractivity contribution in [2.45, 2.75) is 31.9 Å². The van der Waals surface area contributed by atoms with Gasteiger partial charge in [0.2, 0.25) is 5.95 Å². The summed E-state index contributed by atoms with van der Waals surface area (Å²) in [6.07, 6.45) is 6.25. The average Bonchev–Trinajstić information content (AvgIpc) is 3.43. The van der Waals surface area contributed by atoms with E-state index in [-0.39, 0.29) is 11.9 Å². The highest BCUT2D eigenvalue weighted by Gasteiger charge is 2.34. The Labute approximate surface area is 187 Å². The van der Waals surface area contributed by atoms with Crippen molar-refractivity contribution in [3.63, 3.8) is 0 Å². The molecule has 3 aromatic rings. The summed E-state index contributed by atoms with van der Waals surface area (Å²) < 4.78 is 13.1. The van der Waals surface area contributed by atoms with E-state index in [1.165, 1.54) is 0 Å². The highest BCUT2D eigenvalue weighted by Crippen LogP contribution is 2.30. The molecule has 32 heavy (non-hydrogen) atoms. The monoisotopic (exact) mass is 436 g/mol. The van der Waals surface area contributed by atoms with Gasteiger partial charge in [0.1, 0.15) is 0 Å². The first-order chi connectivity index (χ1) is 15.4. The number of carbonyl (C=O) groups is 1. The second-order valence-electron chi connectivity index (χ2n) is 8.31. The maximum absolute atomic E-state index is 13.0. The molecule has 2 aromatic heterocycles. The molecule has 0 radical (unpaired) electrons. The van der Waals surface area contributed by atoms with Gasteiger partial charge in [-0.25, -0.2) is 9.97 Å². The Bertz CT molecular complexity index is 1100. The van der Waals surface area contributed by atoms with Crippen LogP contribution in [0, 0.1) is 0 Å². The predicted octanol–water partition coefficient (Wildman–Crippen LogP) is 2.44. The van der Waals surface area contributed by atoms with Crippen LogP contribution in [-0.2, 0) is 11.8 Å². The second-order valence-corrected chi connectivity index (χ2v) is 8.31. The fourth-order valence-corrected chi connectivity index (χ4v) is 3.66. The van der Waals surface area contributed by atoms with Crippen molar-refractivity contribution in [1.82, 2.24) is 25.1 Å². The predicted molar refractivity (Wildman–Crippen MR) is 121 cm³/mol. The average molecular weight is 437 g/mol. The van der Waals surface area contributed by atoms with E-state index >= 15 is 0 Å². The first-order valence-corrected chi connectivity index (χ1v) is 10.6. The molecule has 1 aromatic carbocycles. The van der Waals surface area contributed by atoms with Gasteiger partial charge in [0.15, 0.2) is 17.1 Å². The summed E-state index contributed by atoms with van der Waals surface area (Å²) in [5, 5.41) is 7.32. The lowest BCUT2D eigenvalue weighted by Gasteiger charge is -2.28. The zero-order chi connectivity index (χ0) is 22.7. The van der Waals surface area contributed by atoms with Gasteiger partial charge in [0.25, 0.3) is 5.91 Å². The zero-order valence-electron chi connectivity index (χ0n) is 18.8. The number of para-hydroxylation sites is 2. The molecule has 0 aliphatic carbocycles. The molecule has 1 amide bonds. The number of hydrogen-bond donors (Lipinski definition) is 1. The van der Waals surface area contributed by atoms with Crippen molar-refractivity contribution < 1.29 is 14.3 Å². The van der Waals surface area contributed by atoms with Crippen molar-refractivity contribution in [3.8, 4) is 22.8 Å². The number of aromatic nitrogens is 4. The highest BCUT2D eigenvalue weighted by atomic mass is 16.5. The Kier molecular flexibility index (Phi) is 5.98. The molecular weight excluding hydrogens is 408 g/mol. The summed E-state index contributed by atoms with van der Waals surface area (Å²) in [6.45, 7) is 4.89. The van der Waals surface area contributed by atoms with Crippen LogP contribution < -0.4 is 19.7 Å². The molecule has 1 saturated heterocycles. The molecule has 0 spiro atoms. The fourth-order valence-electron chi connectivity index (χ4n) is 3.66. The third kappa shape index (κ3) is 4.66. The minimum Gasteiger partial charge on any atom is -0.493 e. The van der Waals surface area contributed by atoms with E-state index in [0.29, 0.717) is 24.0 Å². The van der Waals surface area contributed by atoms with E-state index in [4.69, 9.17) is 9.47 Å². The normalized spacial score (nSPS) is 16.1. The Hall–Kier alpha value is -3.62. The van der Waals surface area contributed by atoms with Gasteiger partial charge < -0.3 is 19.7 Å². The third-order valence-electron chi connectivity index (χ3n) is 5.43. The zero-order valence-corrected chi connectivity index (χ0v) is 18.8. The molecule has 1 atom stereocenters. The van der Waals surface area contributed by atoms with E-state index < -0.39 is 5.60 Å². The standard InChI is InChI=1S/C23H28N6O3/c1-23(2,32-20-8-6-5-7-19(20)31-4)21(30)26-17-10-12-29(15-17)22-24-11-9-18(27-22)16-13-25-28(3)14-16/h5-9,11,13-14,17H,10,12,15H2,1-4H3,(H,26,30). The van der Waals surface area contributed by atoms with Crippen molar-refractivity contribution >= 4 is 11.9 Å². The molecule has 9 heteroatoms. The fraction of sp³-hybridized carbons (Fsp3) is 0.391. The maximum atomic E-state index is 13.0. The number of nitrogens with one attached hydrogen (secondary N) is 1. The number of ether oxygens (including phenoxy) is 2. The number of methoxy groups -OCH3 is 1. The molecule has 1 fully saturated rings. The Morgan fingerprint density at radius 1 is 1.22 bits per heavy atom. The van der Waals surface area contributed by atoms with Crippen LogP contribution >= 0.6 is 0 Å². The first kappa shape index (κ1) is 21.6. The van der Waals surface area contributed by atoms with Crippen LogP contribution in [0.1, 0.15) is 20.3 Å². The van der Waals surface area contributed by atoms with E-state index in [1.54, 1.807) is 50.2 Å². The smallest absolute Gasteiger partial charge is 0.263 e. The third-order valence-corrected chi connectivity index (χ3v) is 5.43. The van der Waals surface area contributed by atoms with E-state index in [0.717, 1.165) is 24.2 Å². The van der Waals surface area contributed by atoms with Crippen LogP contribution in [0.5, 0.6) is 11.5 Å². The topological polar surface area (TPSA) is 94.4 Å². The Morgan fingerprint density at radius 2 is 2.00 bits per heavy atom. The van der Waals surface area contributed by atoms with Gasteiger partial charge in [0, 0.05) is 44.1 Å². The lowest BCUT2D eigenvalue weighted by molar-refractivity contribution is -0.134. The van der Waals surface area contributed by atoms with Crippen LogP contribution in [0.3, 0.4) is 0 Å². The second kappa shape index (κ2) is 8.86. The van der Waals surface area contributed by atoms with Crippen LogP contribution in [0.25, 0.3) is 11.3 Å². The lowest BCUT2D eigenvalue weighted by Crippen LogP contribution is -2.50. The number of amides is 1. The molecule has 9 nitrogen and oxygen atoms in total. The Balaban J connectivity index is 1.39. The molecular formula is C23H28N6O3. The van der Waals surface area contributed by atoms with Crippen molar-refractivity contribution in [2.24, 2.45) is 7.05 Å². The number of rotatable bonds is 7. The lowest BCUT2D eigenvalue weighted by atomic mass is 10.1. The van der Waals surface area contributed by atoms with Crippen molar-refractivity contribution in [3.05, 3.63) is 48.9 Å². The molecule has 168 valence electrons. The Morgan fingerprint density at radius 3 is 2.72 bits per heavy atom. The number of carbonyl (C=O) groups excluding carboxylic acids is 1. The summed E-state index contributed by atoms with van der Waals surface area (Å²) in [4.78, 5) is 24.2. The van der Waals surface area contributed by atoms with Gasteiger partial charge in [-0.2, -0.15) is 5.10 Å². The molecule has 4 rings (SSSR count). The number of aryl methyl sites for hydroxylation is 1. The van der Waals surface area contributed by atoms with E-state index in [2.05, 4.69) is 25.3 Å².